The highest BCUT2D eigenvalue weighted by molar-refractivity contribution is 7.89. The van der Waals surface area contributed by atoms with E-state index in [1.165, 1.54) is 51.3 Å². The molecule has 0 aliphatic carbocycles. The monoisotopic (exact) mass is 404 g/mol. The molecule has 1 N–H and O–H groups in total. The lowest BCUT2D eigenvalue weighted by molar-refractivity contribution is 0.354. The van der Waals surface area contributed by atoms with Crippen LogP contribution in [0.1, 0.15) is 24.8 Å². The molecule has 1 saturated heterocycles. The zero-order valence-corrected chi connectivity index (χ0v) is 17.3. The van der Waals surface area contributed by atoms with E-state index in [-0.39, 0.29) is 4.90 Å². The molecular formula is C21H28N2O4S. The van der Waals surface area contributed by atoms with Crippen LogP contribution in [0.5, 0.6) is 11.5 Å². The molecule has 0 atom stereocenters. The minimum Gasteiger partial charge on any atom is -0.493 e. The number of nitrogens with zero attached hydrogens (tertiary/aromatic N) is 1. The number of ether oxygens (including phenoxy) is 2. The molecule has 7 heteroatoms. The summed E-state index contributed by atoms with van der Waals surface area (Å²) in [6, 6.07) is 13.0. The van der Waals surface area contributed by atoms with Crippen molar-refractivity contribution in [2.75, 3.05) is 38.8 Å². The summed E-state index contributed by atoms with van der Waals surface area (Å²) in [5.74, 6) is 0.883. The van der Waals surface area contributed by atoms with Crippen LogP contribution < -0.4 is 19.1 Å². The average molecular weight is 405 g/mol. The van der Waals surface area contributed by atoms with Gasteiger partial charge in [-0.15, -0.1) is 0 Å². The zero-order valence-electron chi connectivity index (χ0n) is 16.5. The number of hydrogen-bond donors (Lipinski definition) is 1. The maximum absolute atomic E-state index is 12.5. The van der Waals surface area contributed by atoms with Gasteiger partial charge in [-0.05, 0) is 55.5 Å². The van der Waals surface area contributed by atoms with E-state index >= 15 is 0 Å². The van der Waals surface area contributed by atoms with Gasteiger partial charge in [0, 0.05) is 31.4 Å². The van der Waals surface area contributed by atoms with E-state index in [1.54, 1.807) is 6.07 Å². The second-order valence-corrected chi connectivity index (χ2v) is 8.65. The van der Waals surface area contributed by atoms with Gasteiger partial charge in [-0.3, -0.25) is 0 Å². The Morgan fingerprint density at radius 2 is 1.61 bits per heavy atom. The van der Waals surface area contributed by atoms with Crippen LogP contribution in [0.3, 0.4) is 0 Å². The molecule has 152 valence electrons. The van der Waals surface area contributed by atoms with Gasteiger partial charge in [0.25, 0.3) is 0 Å². The first-order valence-corrected chi connectivity index (χ1v) is 11.1. The van der Waals surface area contributed by atoms with E-state index in [2.05, 4.69) is 33.9 Å². The highest BCUT2D eigenvalue weighted by Gasteiger charge is 2.17. The van der Waals surface area contributed by atoms with Crippen LogP contribution in [0.25, 0.3) is 0 Å². The van der Waals surface area contributed by atoms with Crippen molar-refractivity contribution in [2.24, 2.45) is 0 Å². The van der Waals surface area contributed by atoms with Crippen molar-refractivity contribution in [3.63, 3.8) is 0 Å². The first-order valence-electron chi connectivity index (χ1n) is 9.59. The molecule has 3 rings (SSSR count). The lowest BCUT2D eigenvalue weighted by atomic mass is 10.1. The van der Waals surface area contributed by atoms with Gasteiger partial charge in [0.05, 0.1) is 19.1 Å². The fourth-order valence-electron chi connectivity index (χ4n) is 3.42. The Morgan fingerprint density at radius 3 is 2.25 bits per heavy atom. The Kier molecular flexibility index (Phi) is 6.80. The first kappa shape index (κ1) is 20.5. The number of anilines is 1. The fourth-order valence-corrected chi connectivity index (χ4v) is 4.47. The van der Waals surface area contributed by atoms with Gasteiger partial charge in [-0.2, -0.15) is 0 Å². The van der Waals surface area contributed by atoms with Crippen LogP contribution in [0.2, 0.25) is 0 Å². The number of hydrogen-bond acceptors (Lipinski definition) is 5. The summed E-state index contributed by atoms with van der Waals surface area (Å²) in [7, 11) is -0.611. The maximum Gasteiger partial charge on any atom is 0.240 e. The smallest absolute Gasteiger partial charge is 0.240 e. The fraction of sp³-hybridized carbons (Fsp3) is 0.429. The standard InChI is InChI=1S/C21H28N2O4S/c1-26-20-11-10-19(16-21(20)27-2)28(24,25)22-13-12-17-6-8-18(9-7-17)23-14-4-3-5-15-23/h6-11,16,22H,3-5,12-15H2,1-2H3. The van der Waals surface area contributed by atoms with Crippen molar-refractivity contribution in [3.8, 4) is 11.5 Å². The third-order valence-electron chi connectivity index (χ3n) is 5.03. The van der Waals surface area contributed by atoms with Gasteiger partial charge >= 0.3 is 0 Å². The van der Waals surface area contributed by atoms with Gasteiger partial charge in [-0.1, -0.05) is 12.1 Å². The van der Waals surface area contributed by atoms with Crippen LogP contribution in [0.4, 0.5) is 5.69 Å². The summed E-state index contributed by atoms with van der Waals surface area (Å²) in [4.78, 5) is 2.57. The molecule has 1 fully saturated rings. The number of rotatable bonds is 8. The van der Waals surface area contributed by atoms with Crippen molar-refractivity contribution in [1.29, 1.82) is 0 Å². The minimum atomic E-state index is -3.61. The molecule has 28 heavy (non-hydrogen) atoms. The van der Waals surface area contributed by atoms with Crippen molar-refractivity contribution < 1.29 is 17.9 Å². The minimum absolute atomic E-state index is 0.158. The summed E-state index contributed by atoms with van der Waals surface area (Å²) in [5.41, 5.74) is 2.35. The molecular weight excluding hydrogens is 376 g/mol. The van der Waals surface area contributed by atoms with Gasteiger partial charge in [-0.25, -0.2) is 13.1 Å². The van der Waals surface area contributed by atoms with Crippen molar-refractivity contribution in [2.45, 2.75) is 30.6 Å². The SMILES string of the molecule is COc1ccc(S(=O)(=O)NCCc2ccc(N3CCCCC3)cc2)cc1OC. The van der Waals surface area contributed by atoms with Gasteiger partial charge in [0.15, 0.2) is 11.5 Å². The van der Waals surface area contributed by atoms with Crippen molar-refractivity contribution >= 4 is 15.7 Å². The Morgan fingerprint density at radius 1 is 0.929 bits per heavy atom. The summed E-state index contributed by atoms with van der Waals surface area (Å²) >= 11 is 0. The second kappa shape index (κ2) is 9.30. The van der Waals surface area contributed by atoms with Crippen LogP contribution in [0.15, 0.2) is 47.4 Å². The molecule has 2 aromatic carbocycles. The van der Waals surface area contributed by atoms with E-state index in [0.717, 1.165) is 18.7 Å². The number of nitrogens with one attached hydrogen (secondary N) is 1. The molecule has 0 radical (unpaired) electrons. The van der Waals surface area contributed by atoms with Gasteiger partial charge in [0.2, 0.25) is 10.0 Å². The second-order valence-electron chi connectivity index (χ2n) is 6.88. The Balaban J connectivity index is 1.57. The quantitative estimate of drug-likeness (QED) is 0.732. The first-order chi connectivity index (χ1) is 13.5. The molecule has 0 saturated carbocycles. The third-order valence-corrected chi connectivity index (χ3v) is 6.49. The van der Waals surface area contributed by atoms with E-state index in [0.29, 0.717) is 24.5 Å². The zero-order chi connectivity index (χ0) is 20.0. The average Bonchev–Trinajstić information content (AvgIpc) is 2.74. The molecule has 1 aliphatic rings. The Bertz CT molecular complexity index is 876. The summed E-state index contributed by atoms with van der Waals surface area (Å²) in [6.45, 7) is 2.56. The lowest BCUT2D eigenvalue weighted by Gasteiger charge is -2.28. The summed E-state index contributed by atoms with van der Waals surface area (Å²) in [5, 5.41) is 0. The number of benzene rings is 2. The van der Waals surface area contributed by atoms with Crippen LogP contribution in [-0.2, 0) is 16.4 Å². The molecule has 0 amide bonds. The molecule has 0 aromatic heterocycles. The summed E-state index contributed by atoms with van der Waals surface area (Å²) < 4.78 is 38.1. The predicted molar refractivity (Wildman–Crippen MR) is 111 cm³/mol. The van der Waals surface area contributed by atoms with Gasteiger partial charge in [0.1, 0.15) is 0 Å². The number of piperidine rings is 1. The highest BCUT2D eigenvalue weighted by atomic mass is 32.2. The topological polar surface area (TPSA) is 67.9 Å². The van der Waals surface area contributed by atoms with E-state index in [9.17, 15) is 8.42 Å². The molecule has 0 bridgehead atoms. The molecule has 0 unspecified atom stereocenters. The van der Waals surface area contributed by atoms with Crippen LogP contribution in [0, 0.1) is 0 Å². The molecule has 1 aliphatic heterocycles. The third kappa shape index (κ3) is 4.97. The lowest BCUT2D eigenvalue weighted by Crippen LogP contribution is -2.29. The normalized spacial score (nSPS) is 14.7. The highest BCUT2D eigenvalue weighted by Crippen LogP contribution is 2.29. The largest absolute Gasteiger partial charge is 0.493 e. The molecule has 0 spiro atoms. The maximum atomic E-state index is 12.5. The summed E-state index contributed by atoms with van der Waals surface area (Å²) in [6.07, 6.45) is 4.45. The van der Waals surface area contributed by atoms with E-state index in [1.807, 2.05) is 0 Å². The van der Waals surface area contributed by atoms with Crippen LogP contribution in [-0.4, -0.2) is 42.3 Å². The predicted octanol–water partition coefficient (Wildman–Crippen LogP) is 3.22. The van der Waals surface area contributed by atoms with Crippen molar-refractivity contribution in [3.05, 3.63) is 48.0 Å². The molecule has 2 aromatic rings. The van der Waals surface area contributed by atoms with Crippen LogP contribution >= 0.6 is 0 Å². The van der Waals surface area contributed by atoms with E-state index < -0.39 is 10.0 Å². The molecule has 6 nitrogen and oxygen atoms in total. The Hall–Kier alpha value is -2.25. The van der Waals surface area contributed by atoms with E-state index in [4.69, 9.17) is 9.47 Å². The number of methoxy groups -OCH3 is 2. The van der Waals surface area contributed by atoms with Gasteiger partial charge < -0.3 is 14.4 Å². The Labute approximate surface area is 167 Å². The number of sulfonamides is 1. The van der Waals surface area contributed by atoms with Crippen molar-refractivity contribution in [1.82, 2.24) is 4.72 Å². The molecule has 1 heterocycles.